The van der Waals surface area contributed by atoms with Gasteiger partial charge in [-0.2, -0.15) is 5.10 Å². The zero-order valence-electron chi connectivity index (χ0n) is 12.4. The van der Waals surface area contributed by atoms with Crippen molar-refractivity contribution in [3.05, 3.63) is 28.9 Å². The van der Waals surface area contributed by atoms with Crippen molar-refractivity contribution in [3.63, 3.8) is 0 Å². The molecule has 1 aliphatic rings. The van der Waals surface area contributed by atoms with E-state index in [9.17, 15) is 13.2 Å². The summed E-state index contributed by atoms with van der Waals surface area (Å²) < 4.78 is 22.6. The molecule has 0 aliphatic carbocycles. The maximum absolute atomic E-state index is 12.1. The van der Waals surface area contributed by atoms with Crippen molar-refractivity contribution in [1.29, 1.82) is 0 Å². The summed E-state index contributed by atoms with van der Waals surface area (Å²) >= 11 is 0. The van der Waals surface area contributed by atoms with Crippen molar-refractivity contribution in [1.82, 2.24) is 15.1 Å². The van der Waals surface area contributed by atoms with Gasteiger partial charge in [-0.3, -0.25) is 9.89 Å². The van der Waals surface area contributed by atoms with Gasteiger partial charge in [0.15, 0.2) is 9.84 Å². The Bertz CT molecular complexity index is 634. The fraction of sp³-hybridized carbons (Fsp3) is 0.571. The van der Waals surface area contributed by atoms with Crippen LogP contribution in [0, 0.1) is 5.92 Å². The number of nitrogens with zero attached hydrogens (tertiary/aromatic N) is 2. The molecule has 116 valence electrons. The Morgan fingerprint density at radius 2 is 2.29 bits per heavy atom. The summed E-state index contributed by atoms with van der Waals surface area (Å²) in [7, 11) is -1.38. The first kappa shape index (κ1) is 15.8. The van der Waals surface area contributed by atoms with Crippen LogP contribution in [-0.4, -0.2) is 42.2 Å². The molecule has 1 amide bonds. The summed E-state index contributed by atoms with van der Waals surface area (Å²) in [6.07, 6.45) is 3.78. The van der Waals surface area contributed by atoms with Crippen molar-refractivity contribution < 1.29 is 13.2 Å². The topological polar surface area (TPSA) is 83.1 Å². The summed E-state index contributed by atoms with van der Waals surface area (Å²) in [4.78, 5) is 13.7. The van der Waals surface area contributed by atoms with Crippen LogP contribution < -0.4 is 0 Å². The number of H-pyrrole nitrogens is 1. The van der Waals surface area contributed by atoms with Gasteiger partial charge in [0.05, 0.1) is 23.7 Å². The first-order valence-electron chi connectivity index (χ1n) is 7.07. The van der Waals surface area contributed by atoms with E-state index in [0.717, 1.165) is 24.2 Å². The first-order chi connectivity index (χ1) is 9.89. The largest absolute Gasteiger partial charge is 0.340 e. The highest BCUT2D eigenvalue weighted by Gasteiger charge is 2.25. The van der Waals surface area contributed by atoms with Crippen molar-refractivity contribution in [3.8, 4) is 0 Å². The minimum absolute atomic E-state index is 0.0390. The molecule has 1 atom stereocenters. The number of aromatic amines is 1. The van der Waals surface area contributed by atoms with Crippen molar-refractivity contribution in [2.45, 2.75) is 32.7 Å². The average molecular weight is 311 g/mol. The second-order valence-electron chi connectivity index (χ2n) is 5.51. The van der Waals surface area contributed by atoms with Crippen LogP contribution in [0.5, 0.6) is 0 Å². The van der Waals surface area contributed by atoms with E-state index in [1.165, 1.54) is 5.41 Å². The van der Waals surface area contributed by atoms with Gasteiger partial charge in [-0.25, -0.2) is 8.42 Å². The zero-order chi connectivity index (χ0) is 15.5. The van der Waals surface area contributed by atoms with Crippen LogP contribution >= 0.6 is 0 Å². The lowest BCUT2D eigenvalue weighted by Crippen LogP contribution is -2.28. The number of hydrogen-bond acceptors (Lipinski definition) is 4. The van der Waals surface area contributed by atoms with E-state index in [4.69, 9.17) is 0 Å². The van der Waals surface area contributed by atoms with Crippen LogP contribution in [0.4, 0.5) is 0 Å². The van der Waals surface area contributed by atoms with Gasteiger partial charge in [-0.1, -0.05) is 19.4 Å². The third-order valence-electron chi connectivity index (χ3n) is 3.46. The number of amides is 1. The number of aromatic nitrogens is 2. The van der Waals surface area contributed by atoms with Crippen molar-refractivity contribution in [2.75, 3.05) is 12.8 Å². The number of carbonyl (C=O) groups is 1. The monoisotopic (exact) mass is 311 g/mol. The van der Waals surface area contributed by atoms with Crippen LogP contribution in [0.3, 0.4) is 0 Å². The number of sulfone groups is 1. The van der Waals surface area contributed by atoms with E-state index in [1.54, 1.807) is 18.0 Å². The summed E-state index contributed by atoms with van der Waals surface area (Å²) in [5, 5.41) is 8.32. The SMILES string of the molecule is CCCc1cc(CN(C)C(=O)CC2C=CS(=O)(=O)C2)[nH]n1. The van der Waals surface area contributed by atoms with Gasteiger partial charge >= 0.3 is 0 Å². The fourth-order valence-corrected chi connectivity index (χ4v) is 3.76. The molecule has 1 N–H and O–H groups in total. The third-order valence-corrected chi connectivity index (χ3v) is 4.93. The fourth-order valence-electron chi connectivity index (χ4n) is 2.37. The Labute approximate surface area is 125 Å². The van der Waals surface area contributed by atoms with E-state index >= 15 is 0 Å². The van der Waals surface area contributed by atoms with Crippen LogP contribution in [0.25, 0.3) is 0 Å². The van der Waals surface area contributed by atoms with E-state index in [2.05, 4.69) is 17.1 Å². The maximum atomic E-state index is 12.1. The molecule has 1 aromatic heterocycles. The summed E-state index contributed by atoms with van der Waals surface area (Å²) in [5.41, 5.74) is 1.89. The number of aryl methyl sites for hydroxylation is 1. The third kappa shape index (κ3) is 4.42. The molecule has 21 heavy (non-hydrogen) atoms. The Hall–Kier alpha value is -1.63. The van der Waals surface area contributed by atoms with Gasteiger partial charge in [0.2, 0.25) is 5.91 Å². The predicted molar refractivity (Wildman–Crippen MR) is 80.1 cm³/mol. The molecule has 0 fully saturated rings. The molecular formula is C14H21N3O3S. The van der Waals surface area contributed by atoms with Gasteiger partial charge in [-0.15, -0.1) is 0 Å². The van der Waals surface area contributed by atoms with E-state index in [1.807, 2.05) is 6.07 Å². The molecule has 2 heterocycles. The quantitative estimate of drug-likeness (QED) is 0.857. The molecule has 1 unspecified atom stereocenters. The molecule has 0 radical (unpaired) electrons. The van der Waals surface area contributed by atoms with Crippen LogP contribution in [0.1, 0.15) is 31.2 Å². The molecule has 0 aromatic carbocycles. The highest BCUT2D eigenvalue weighted by atomic mass is 32.2. The molecule has 0 saturated heterocycles. The molecular weight excluding hydrogens is 290 g/mol. The highest BCUT2D eigenvalue weighted by Crippen LogP contribution is 2.19. The molecule has 0 spiro atoms. The van der Waals surface area contributed by atoms with Crippen molar-refractivity contribution in [2.24, 2.45) is 5.92 Å². The van der Waals surface area contributed by atoms with Gasteiger partial charge in [-0.05, 0) is 12.5 Å². The van der Waals surface area contributed by atoms with E-state index in [0.29, 0.717) is 6.54 Å². The smallest absolute Gasteiger partial charge is 0.223 e. The van der Waals surface area contributed by atoms with Crippen LogP contribution in [0.2, 0.25) is 0 Å². The lowest BCUT2D eigenvalue weighted by Gasteiger charge is -2.17. The standard InChI is InChI=1S/C14H21N3O3S/c1-3-4-12-8-13(16-15-12)9-17(2)14(18)7-11-5-6-21(19,20)10-11/h5-6,8,11H,3-4,7,9-10H2,1-2H3,(H,15,16). The van der Waals surface area contributed by atoms with Gasteiger partial charge in [0.1, 0.15) is 0 Å². The van der Waals surface area contributed by atoms with Crippen LogP contribution in [-0.2, 0) is 27.6 Å². The summed E-state index contributed by atoms with van der Waals surface area (Å²) in [6.45, 7) is 2.55. The predicted octanol–water partition coefficient (Wildman–Crippen LogP) is 1.27. The number of rotatable bonds is 6. The number of hydrogen-bond donors (Lipinski definition) is 1. The van der Waals surface area contributed by atoms with Gasteiger partial charge < -0.3 is 4.90 Å². The highest BCUT2D eigenvalue weighted by molar-refractivity contribution is 7.94. The summed E-state index contributed by atoms with van der Waals surface area (Å²) in [5.74, 6) is -0.229. The first-order valence-corrected chi connectivity index (χ1v) is 8.79. The minimum atomic E-state index is -3.10. The normalized spacial score (nSPS) is 19.8. The minimum Gasteiger partial charge on any atom is -0.340 e. The van der Waals surface area contributed by atoms with E-state index in [-0.39, 0.29) is 24.0 Å². The lowest BCUT2D eigenvalue weighted by molar-refractivity contribution is -0.131. The summed E-state index contributed by atoms with van der Waals surface area (Å²) in [6, 6.07) is 1.97. The average Bonchev–Trinajstić information content (AvgIpc) is 2.96. The Balaban J connectivity index is 1.86. The van der Waals surface area contributed by atoms with Crippen LogP contribution in [0.15, 0.2) is 17.6 Å². The van der Waals surface area contributed by atoms with Crippen molar-refractivity contribution >= 4 is 15.7 Å². The molecule has 6 nitrogen and oxygen atoms in total. The Morgan fingerprint density at radius 1 is 1.52 bits per heavy atom. The second kappa shape index (κ2) is 6.43. The molecule has 0 bridgehead atoms. The Morgan fingerprint density at radius 3 is 2.90 bits per heavy atom. The van der Waals surface area contributed by atoms with E-state index < -0.39 is 9.84 Å². The number of allylic oxidation sites excluding steroid dienone is 1. The number of carbonyl (C=O) groups excluding carboxylic acids is 1. The second-order valence-corrected chi connectivity index (χ2v) is 7.44. The molecule has 0 saturated carbocycles. The Kier molecular flexibility index (Phi) is 4.82. The van der Waals surface area contributed by atoms with Gasteiger partial charge in [0.25, 0.3) is 0 Å². The zero-order valence-corrected chi connectivity index (χ0v) is 13.2. The number of nitrogens with one attached hydrogen (secondary N) is 1. The molecule has 1 aliphatic heterocycles. The molecule has 7 heteroatoms. The lowest BCUT2D eigenvalue weighted by atomic mass is 10.1. The molecule has 2 rings (SSSR count). The molecule has 1 aromatic rings. The van der Waals surface area contributed by atoms with Gasteiger partial charge in [0, 0.05) is 24.8 Å². The maximum Gasteiger partial charge on any atom is 0.223 e.